The highest BCUT2D eigenvalue weighted by Crippen LogP contribution is 2.34. The highest BCUT2D eigenvalue weighted by molar-refractivity contribution is 6.08. The number of fused-ring (bicyclic) bond motifs is 1. The van der Waals surface area contributed by atoms with Crippen LogP contribution < -0.4 is 20.2 Å². The first kappa shape index (κ1) is 21.1. The van der Waals surface area contributed by atoms with E-state index in [2.05, 4.69) is 15.6 Å². The fourth-order valence-electron chi connectivity index (χ4n) is 5.42. The minimum Gasteiger partial charge on any atom is -0.454 e. The zero-order valence-corrected chi connectivity index (χ0v) is 18.2. The van der Waals surface area contributed by atoms with Crippen molar-refractivity contribution in [1.82, 2.24) is 20.7 Å². The van der Waals surface area contributed by atoms with Crippen LogP contribution in [0.5, 0.6) is 11.5 Å². The van der Waals surface area contributed by atoms with Gasteiger partial charge in [0.2, 0.25) is 6.79 Å². The topological polar surface area (TPSA) is 100 Å². The van der Waals surface area contributed by atoms with E-state index in [1.807, 2.05) is 18.2 Å². The first-order valence-electron chi connectivity index (χ1n) is 11.6. The zero-order chi connectivity index (χ0) is 22.1. The Bertz CT molecular complexity index is 908. The van der Waals surface area contributed by atoms with Crippen LogP contribution in [0, 0.1) is 0 Å². The van der Waals surface area contributed by atoms with Crippen molar-refractivity contribution in [3.05, 3.63) is 23.8 Å². The van der Waals surface area contributed by atoms with E-state index in [-0.39, 0.29) is 25.2 Å². The second-order valence-electron chi connectivity index (χ2n) is 9.28. The molecule has 1 saturated heterocycles. The van der Waals surface area contributed by atoms with E-state index in [0.717, 1.165) is 67.0 Å². The number of hydrogen-bond donors (Lipinski definition) is 2. The number of hydrogen-bond acceptors (Lipinski definition) is 6. The SMILES string of the molecule is O=C(CN(Cc1ccc2c(c1)OCO2)C1CCCC1)NN1C(=O)NC2(CCCCC2)C1=O. The number of ether oxygens (including phenoxy) is 2. The first-order chi connectivity index (χ1) is 15.5. The van der Waals surface area contributed by atoms with Crippen LogP contribution in [-0.2, 0) is 16.1 Å². The highest BCUT2D eigenvalue weighted by Gasteiger charge is 2.52. The molecule has 1 aromatic carbocycles. The van der Waals surface area contributed by atoms with Crippen molar-refractivity contribution in [2.24, 2.45) is 0 Å². The second-order valence-corrected chi connectivity index (χ2v) is 9.28. The van der Waals surface area contributed by atoms with Crippen LogP contribution in [0.3, 0.4) is 0 Å². The van der Waals surface area contributed by atoms with E-state index in [1.165, 1.54) is 0 Å². The van der Waals surface area contributed by atoms with Crippen LogP contribution in [0.15, 0.2) is 18.2 Å². The molecule has 1 aromatic rings. The predicted molar refractivity (Wildman–Crippen MR) is 115 cm³/mol. The zero-order valence-electron chi connectivity index (χ0n) is 18.2. The molecule has 2 heterocycles. The monoisotopic (exact) mass is 442 g/mol. The maximum atomic E-state index is 13.0. The molecule has 1 spiro atoms. The first-order valence-corrected chi connectivity index (χ1v) is 11.6. The molecule has 0 unspecified atom stereocenters. The van der Waals surface area contributed by atoms with Gasteiger partial charge in [-0.3, -0.25) is 19.9 Å². The van der Waals surface area contributed by atoms with Gasteiger partial charge >= 0.3 is 6.03 Å². The van der Waals surface area contributed by atoms with Gasteiger partial charge in [0.1, 0.15) is 5.54 Å². The highest BCUT2D eigenvalue weighted by atomic mass is 16.7. The minimum atomic E-state index is -0.847. The van der Waals surface area contributed by atoms with Crippen molar-refractivity contribution in [2.45, 2.75) is 75.9 Å². The molecule has 4 aliphatic rings. The molecule has 2 N–H and O–H groups in total. The molecule has 32 heavy (non-hydrogen) atoms. The van der Waals surface area contributed by atoms with Gasteiger partial charge in [-0.05, 0) is 43.4 Å². The van der Waals surface area contributed by atoms with E-state index in [0.29, 0.717) is 25.4 Å². The van der Waals surface area contributed by atoms with Crippen LogP contribution in [-0.4, -0.2) is 52.7 Å². The van der Waals surface area contributed by atoms with Crippen LogP contribution in [0.2, 0.25) is 0 Å². The number of nitrogens with zero attached hydrogens (tertiary/aromatic N) is 2. The maximum absolute atomic E-state index is 13.0. The standard InChI is InChI=1S/C23H30N4O5/c28-20(25-27-21(29)23(24-22(27)30)10-4-1-5-11-23)14-26(17-6-2-3-7-17)13-16-8-9-18-19(12-16)32-15-31-18/h8-9,12,17H,1-7,10-11,13-15H2,(H,24,30)(H,25,28). The van der Waals surface area contributed by atoms with Gasteiger partial charge in [0.25, 0.3) is 11.8 Å². The smallest absolute Gasteiger partial charge is 0.344 e. The molecule has 4 amide bonds. The molecule has 0 bridgehead atoms. The summed E-state index contributed by atoms with van der Waals surface area (Å²) in [5.74, 6) is 0.761. The van der Waals surface area contributed by atoms with Crippen LogP contribution in [0.4, 0.5) is 4.79 Å². The fraction of sp³-hybridized carbons (Fsp3) is 0.609. The minimum absolute atomic E-state index is 0.114. The molecule has 2 aliphatic carbocycles. The summed E-state index contributed by atoms with van der Waals surface area (Å²) in [5.41, 5.74) is 2.76. The Balaban J connectivity index is 1.26. The molecule has 2 saturated carbocycles. The summed E-state index contributed by atoms with van der Waals surface area (Å²) in [6.45, 7) is 0.920. The third kappa shape index (κ3) is 4.01. The number of urea groups is 1. The van der Waals surface area contributed by atoms with Gasteiger partial charge in [0, 0.05) is 12.6 Å². The number of carbonyl (C=O) groups is 3. The van der Waals surface area contributed by atoms with Crippen LogP contribution in [0.25, 0.3) is 0 Å². The van der Waals surface area contributed by atoms with Gasteiger partial charge in [-0.25, -0.2) is 4.79 Å². The van der Waals surface area contributed by atoms with Gasteiger partial charge in [0.05, 0.1) is 6.54 Å². The molecule has 9 nitrogen and oxygen atoms in total. The van der Waals surface area contributed by atoms with Crippen molar-refractivity contribution >= 4 is 17.8 Å². The normalized spacial score (nSPS) is 22.1. The van der Waals surface area contributed by atoms with Crippen molar-refractivity contribution in [3.63, 3.8) is 0 Å². The lowest BCUT2D eigenvalue weighted by Gasteiger charge is -2.31. The molecule has 0 radical (unpaired) electrons. The number of benzene rings is 1. The van der Waals surface area contributed by atoms with Gasteiger partial charge < -0.3 is 14.8 Å². The number of hydrazine groups is 1. The Kier molecular flexibility index (Phi) is 5.67. The summed E-state index contributed by atoms with van der Waals surface area (Å²) in [5, 5.41) is 3.72. The van der Waals surface area contributed by atoms with Crippen LogP contribution in [0.1, 0.15) is 63.4 Å². The molecule has 9 heteroatoms. The number of nitrogens with one attached hydrogen (secondary N) is 2. The summed E-state index contributed by atoms with van der Waals surface area (Å²) in [7, 11) is 0. The average Bonchev–Trinajstić information content (AvgIpc) is 3.52. The summed E-state index contributed by atoms with van der Waals surface area (Å²) in [6, 6.07) is 5.58. The molecule has 3 fully saturated rings. The van der Waals surface area contributed by atoms with E-state index in [4.69, 9.17) is 9.47 Å². The summed E-state index contributed by atoms with van der Waals surface area (Å²) in [6.07, 6.45) is 8.46. The van der Waals surface area contributed by atoms with Gasteiger partial charge in [-0.2, -0.15) is 5.01 Å². The predicted octanol–water partition coefficient (Wildman–Crippen LogP) is 2.45. The van der Waals surface area contributed by atoms with Crippen molar-refractivity contribution in [3.8, 4) is 11.5 Å². The molecule has 172 valence electrons. The Labute approximate surface area is 187 Å². The lowest BCUT2D eigenvalue weighted by Crippen LogP contribution is -2.53. The number of carbonyl (C=O) groups excluding carboxylic acids is 3. The summed E-state index contributed by atoms with van der Waals surface area (Å²) in [4.78, 5) is 40.5. The molecular weight excluding hydrogens is 412 g/mol. The largest absolute Gasteiger partial charge is 0.454 e. The number of imide groups is 1. The molecule has 5 rings (SSSR count). The van der Waals surface area contributed by atoms with Gasteiger partial charge in [-0.1, -0.05) is 38.2 Å². The summed E-state index contributed by atoms with van der Waals surface area (Å²) >= 11 is 0. The average molecular weight is 443 g/mol. The molecule has 0 aromatic heterocycles. The lowest BCUT2D eigenvalue weighted by atomic mass is 9.82. The van der Waals surface area contributed by atoms with E-state index in [1.54, 1.807) is 0 Å². The number of amides is 4. The Morgan fingerprint density at radius 1 is 1.09 bits per heavy atom. The molecule has 2 aliphatic heterocycles. The summed E-state index contributed by atoms with van der Waals surface area (Å²) < 4.78 is 10.9. The Morgan fingerprint density at radius 2 is 1.84 bits per heavy atom. The Morgan fingerprint density at radius 3 is 2.62 bits per heavy atom. The molecule has 0 atom stereocenters. The maximum Gasteiger partial charge on any atom is 0.344 e. The van der Waals surface area contributed by atoms with E-state index < -0.39 is 11.6 Å². The van der Waals surface area contributed by atoms with Gasteiger partial charge in [0.15, 0.2) is 11.5 Å². The van der Waals surface area contributed by atoms with E-state index in [9.17, 15) is 14.4 Å². The third-order valence-electron chi connectivity index (χ3n) is 7.12. The lowest BCUT2D eigenvalue weighted by molar-refractivity contribution is -0.140. The second kappa shape index (κ2) is 8.61. The Hall–Kier alpha value is -2.81. The van der Waals surface area contributed by atoms with Crippen molar-refractivity contribution < 1.29 is 23.9 Å². The quantitative estimate of drug-likeness (QED) is 0.657. The molecular formula is C23H30N4O5. The van der Waals surface area contributed by atoms with Crippen molar-refractivity contribution in [2.75, 3.05) is 13.3 Å². The van der Waals surface area contributed by atoms with Crippen molar-refractivity contribution in [1.29, 1.82) is 0 Å². The number of rotatable bonds is 6. The fourth-order valence-corrected chi connectivity index (χ4v) is 5.42. The third-order valence-corrected chi connectivity index (χ3v) is 7.12. The van der Waals surface area contributed by atoms with Gasteiger partial charge in [-0.15, -0.1) is 0 Å². The van der Waals surface area contributed by atoms with Crippen LogP contribution >= 0.6 is 0 Å². The van der Waals surface area contributed by atoms with E-state index >= 15 is 0 Å².